The molecule has 0 bridgehead atoms. The molecular weight excluding hydrogens is 388 g/mol. The monoisotopic (exact) mass is 410 g/mol. The number of aryl methyl sites for hydroxylation is 1. The first-order valence-corrected chi connectivity index (χ1v) is 9.91. The largest absolute Gasteiger partial charge is 0.356 e. The maximum absolute atomic E-state index is 13.2. The van der Waals surface area contributed by atoms with Gasteiger partial charge in [0, 0.05) is 36.3 Å². The summed E-state index contributed by atoms with van der Waals surface area (Å²) in [6, 6.07) is 22.8. The third-order valence-corrected chi connectivity index (χ3v) is 4.85. The van der Waals surface area contributed by atoms with Crippen LogP contribution in [0.3, 0.4) is 0 Å². The van der Waals surface area contributed by atoms with E-state index in [1.54, 1.807) is 19.2 Å². The Labute approximate surface area is 179 Å². The van der Waals surface area contributed by atoms with Crippen LogP contribution >= 0.6 is 0 Å². The van der Waals surface area contributed by atoms with Crippen molar-refractivity contribution in [2.45, 2.75) is 6.92 Å². The number of likely N-dealkylation sites (N-methyl/N-ethyl adjacent to an activating group) is 1. The number of pyridine rings is 2. The van der Waals surface area contributed by atoms with Crippen molar-refractivity contribution >= 4 is 34.5 Å². The summed E-state index contributed by atoms with van der Waals surface area (Å²) in [4.78, 5) is 29.6. The second-order valence-corrected chi connectivity index (χ2v) is 7.05. The Kier molecular flexibility index (Phi) is 5.62. The van der Waals surface area contributed by atoms with Gasteiger partial charge in [0.05, 0.1) is 5.39 Å². The first-order chi connectivity index (χ1) is 15.1. The maximum atomic E-state index is 13.2. The van der Waals surface area contributed by atoms with E-state index in [4.69, 9.17) is 4.98 Å². The fraction of sp³-hybridized carbons (Fsp3) is 0.0800. The van der Waals surface area contributed by atoms with E-state index in [9.17, 15) is 9.59 Å². The summed E-state index contributed by atoms with van der Waals surface area (Å²) in [6.45, 7) is 1.87. The number of amides is 1. The van der Waals surface area contributed by atoms with E-state index < -0.39 is 0 Å². The van der Waals surface area contributed by atoms with Crippen molar-refractivity contribution in [3.8, 4) is 5.69 Å². The van der Waals surface area contributed by atoms with Gasteiger partial charge in [-0.2, -0.15) is 0 Å². The molecule has 2 heterocycles. The normalized spacial score (nSPS) is 11.0. The van der Waals surface area contributed by atoms with Gasteiger partial charge < -0.3 is 10.6 Å². The minimum Gasteiger partial charge on any atom is -0.356 e. The summed E-state index contributed by atoms with van der Waals surface area (Å²) in [5.41, 5.74) is 3.46. The molecule has 0 unspecified atom stereocenters. The van der Waals surface area contributed by atoms with Crippen molar-refractivity contribution in [1.29, 1.82) is 0 Å². The van der Waals surface area contributed by atoms with Gasteiger partial charge in [0.2, 0.25) is 5.91 Å². The zero-order valence-electron chi connectivity index (χ0n) is 17.3. The van der Waals surface area contributed by atoms with Crippen LogP contribution in [0.2, 0.25) is 0 Å². The van der Waals surface area contributed by atoms with Crippen molar-refractivity contribution in [1.82, 2.24) is 14.9 Å². The van der Waals surface area contributed by atoms with Crippen LogP contribution in [0.1, 0.15) is 11.3 Å². The van der Waals surface area contributed by atoms with Gasteiger partial charge in [0.15, 0.2) is 11.1 Å². The topological polar surface area (TPSA) is 76.0 Å². The van der Waals surface area contributed by atoms with Crippen molar-refractivity contribution in [3.05, 3.63) is 100 Å². The molecule has 0 saturated heterocycles. The second-order valence-electron chi connectivity index (χ2n) is 7.05. The van der Waals surface area contributed by atoms with E-state index >= 15 is 0 Å². The summed E-state index contributed by atoms with van der Waals surface area (Å²) in [6.07, 6.45) is 3.06. The number of fused-ring (bicyclic) bond motifs is 1. The van der Waals surface area contributed by atoms with Crippen LogP contribution in [0.4, 0.5) is 11.5 Å². The summed E-state index contributed by atoms with van der Waals surface area (Å²) in [7, 11) is 1.56. The first kappa shape index (κ1) is 20.1. The number of carbonyl (C=O) groups is 1. The molecule has 2 aromatic carbocycles. The minimum absolute atomic E-state index is 0.176. The van der Waals surface area contributed by atoms with E-state index in [2.05, 4.69) is 10.6 Å². The Bertz CT molecular complexity index is 1330. The lowest BCUT2D eigenvalue weighted by Crippen LogP contribution is -2.16. The van der Waals surface area contributed by atoms with Crippen LogP contribution in [0.15, 0.2) is 83.7 Å². The Balaban J connectivity index is 2.02. The molecule has 0 atom stereocenters. The Hall–Kier alpha value is -4.19. The molecule has 0 saturated carbocycles. The molecule has 0 aliphatic heterocycles. The van der Waals surface area contributed by atoms with Crippen LogP contribution in [0, 0.1) is 6.92 Å². The fourth-order valence-corrected chi connectivity index (χ4v) is 3.45. The third kappa shape index (κ3) is 4.23. The number of nitrogens with one attached hydrogen (secondary N) is 2. The number of nitrogens with zero attached hydrogens (tertiary/aromatic N) is 2. The van der Waals surface area contributed by atoms with Gasteiger partial charge >= 0.3 is 0 Å². The molecule has 0 aliphatic carbocycles. The third-order valence-electron chi connectivity index (χ3n) is 4.85. The lowest BCUT2D eigenvalue weighted by Gasteiger charge is -2.19. The van der Waals surface area contributed by atoms with Gasteiger partial charge in [-0.05, 0) is 48.9 Å². The van der Waals surface area contributed by atoms with Gasteiger partial charge in [-0.1, -0.05) is 36.4 Å². The van der Waals surface area contributed by atoms with Gasteiger partial charge in [0.1, 0.15) is 5.82 Å². The van der Waals surface area contributed by atoms with Gasteiger partial charge in [-0.25, -0.2) is 4.98 Å². The highest BCUT2D eigenvalue weighted by molar-refractivity contribution is 5.95. The number of benzene rings is 2. The summed E-state index contributed by atoms with van der Waals surface area (Å²) in [5.74, 6) is 0.364. The quantitative estimate of drug-likeness (QED) is 0.484. The number of hydrogen-bond acceptors (Lipinski definition) is 4. The van der Waals surface area contributed by atoms with Crippen molar-refractivity contribution in [2.24, 2.45) is 0 Å². The van der Waals surface area contributed by atoms with E-state index in [1.165, 1.54) is 6.08 Å². The molecule has 154 valence electrons. The highest BCUT2D eigenvalue weighted by atomic mass is 16.1. The number of anilines is 2. The van der Waals surface area contributed by atoms with E-state index in [1.807, 2.05) is 78.2 Å². The van der Waals surface area contributed by atoms with Crippen molar-refractivity contribution in [3.63, 3.8) is 0 Å². The van der Waals surface area contributed by atoms with Crippen LogP contribution in [-0.4, -0.2) is 22.5 Å². The predicted octanol–water partition coefficient (Wildman–Crippen LogP) is 4.20. The number of carbonyl (C=O) groups excluding carboxylic acids is 1. The van der Waals surface area contributed by atoms with E-state index in [0.29, 0.717) is 22.4 Å². The number of aromatic nitrogens is 2. The van der Waals surface area contributed by atoms with Crippen LogP contribution < -0.4 is 16.1 Å². The van der Waals surface area contributed by atoms with Gasteiger partial charge in [-0.3, -0.25) is 14.2 Å². The molecule has 2 aromatic heterocycles. The molecule has 0 spiro atoms. The average Bonchev–Trinajstić information content (AvgIpc) is 2.78. The maximum Gasteiger partial charge on any atom is 0.243 e. The minimum atomic E-state index is -0.242. The molecule has 2 N–H and O–H groups in total. The lowest BCUT2D eigenvalue weighted by molar-refractivity contribution is -0.115. The smallest absolute Gasteiger partial charge is 0.243 e. The standard InChI is InChI=1S/C25H22N4O2/c1-17-15-18(13-14-23(31)26-2)24-21(30)16-22(28-19-9-5-3-6-10-19)29(25(24)27-17)20-11-7-4-8-12-20/h3-16,28H,1-2H3,(H,26,31)/b14-13+. The van der Waals surface area contributed by atoms with Crippen molar-refractivity contribution < 1.29 is 4.79 Å². The molecule has 31 heavy (non-hydrogen) atoms. The molecule has 6 nitrogen and oxygen atoms in total. The van der Waals surface area contributed by atoms with Crippen LogP contribution in [0.5, 0.6) is 0 Å². The van der Waals surface area contributed by atoms with Crippen LogP contribution in [0.25, 0.3) is 22.8 Å². The molecule has 0 aliphatic rings. The highest BCUT2D eigenvalue weighted by Gasteiger charge is 2.15. The molecule has 1 amide bonds. The van der Waals surface area contributed by atoms with Gasteiger partial charge in [0.25, 0.3) is 0 Å². The van der Waals surface area contributed by atoms with E-state index in [0.717, 1.165) is 17.1 Å². The van der Waals surface area contributed by atoms with E-state index in [-0.39, 0.29) is 11.3 Å². The Morgan fingerprint density at radius 1 is 1.00 bits per heavy atom. The zero-order valence-corrected chi connectivity index (χ0v) is 17.3. The number of hydrogen-bond donors (Lipinski definition) is 2. The number of rotatable bonds is 5. The summed E-state index contributed by atoms with van der Waals surface area (Å²) >= 11 is 0. The molecule has 0 radical (unpaired) electrons. The Morgan fingerprint density at radius 3 is 2.35 bits per heavy atom. The average molecular weight is 410 g/mol. The zero-order chi connectivity index (χ0) is 21.8. The molecule has 4 aromatic rings. The molecule has 6 heteroatoms. The molecular formula is C25H22N4O2. The first-order valence-electron chi connectivity index (χ1n) is 9.91. The summed E-state index contributed by atoms with van der Waals surface area (Å²) in [5, 5.41) is 6.35. The van der Waals surface area contributed by atoms with Gasteiger partial charge in [-0.15, -0.1) is 0 Å². The van der Waals surface area contributed by atoms with Crippen LogP contribution in [-0.2, 0) is 4.79 Å². The Morgan fingerprint density at radius 2 is 1.68 bits per heavy atom. The SMILES string of the molecule is CNC(=O)/C=C/c1cc(C)nc2c1c(=O)cc(Nc1ccccc1)n2-c1ccccc1. The molecule has 0 fully saturated rings. The fourth-order valence-electron chi connectivity index (χ4n) is 3.45. The second kappa shape index (κ2) is 8.67. The lowest BCUT2D eigenvalue weighted by atomic mass is 10.1. The molecule has 4 rings (SSSR count). The summed E-state index contributed by atoms with van der Waals surface area (Å²) < 4.78 is 1.92. The highest BCUT2D eigenvalue weighted by Crippen LogP contribution is 2.26. The number of para-hydroxylation sites is 2. The van der Waals surface area contributed by atoms with Crippen molar-refractivity contribution in [2.75, 3.05) is 12.4 Å². The predicted molar refractivity (Wildman–Crippen MR) is 125 cm³/mol.